The molecule has 1 aromatic heterocycles. The van der Waals surface area contributed by atoms with Crippen LogP contribution in [0.15, 0.2) is 61.2 Å². The topological polar surface area (TPSA) is 75.3 Å². The molecule has 2 aromatic rings. The van der Waals surface area contributed by atoms with Crippen molar-refractivity contribution in [3.63, 3.8) is 0 Å². The number of carbonyl (C=O) groups excluding carboxylic acids is 1. The molecule has 1 amide bonds. The first-order chi connectivity index (χ1) is 11.9. The second kappa shape index (κ2) is 6.27. The maximum atomic E-state index is 13.1. The zero-order chi connectivity index (χ0) is 18.0. The normalized spacial score (nSPS) is 14.0. The number of hydrogen-bond donors (Lipinski definition) is 1. The Morgan fingerprint density at radius 3 is 2.24 bits per heavy atom. The quantitative estimate of drug-likeness (QED) is 0.904. The molecule has 128 valence electrons. The third kappa shape index (κ3) is 3.44. The van der Waals surface area contributed by atoms with Crippen LogP contribution in [-0.2, 0) is 6.18 Å². The number of aromatic nitrogens is 2. The highest BCUT2D eigenvalue weighted by Gasteiger charge is 2.35. The number of amides is 1. The van der Waals surface area contributed by atoms with Crippen molar-refractivity contribution in [1.82, 2.24) is 15.1 Å². The molecule has 0 saturated heterocycles. The second-order valence-electron chi connectivity index (χ2n) is 5.08. The lowest BCUT2D eigenvalue weighted by molar-refractivity contribution is -0.138. The summed E-state index contributed by atoms with van der Waals surface area (Å²) in [7, 11) is 0. The van der Waals surface area contributed by atoms with E-state index in [1.807, 2.05) is 0 Å². The van der Waals surface area contributed by atoms with Crippen LogP contribution in [0.4, 0.5) is 24.8 Å². The number of nitrogen functional groups attached to an aromatic ring is 1. The minimum Gasteiger partial charge on any atom is -0.382 e. The predicted molar refractivity (Wildman–Crippen MR) is 84.8 cm³/mol. The van der Waals surface area contributed by atoms with Crippen molar-refractivity contribution in [3.05, 3.63) is 72.3 Å². The number of anilines is 2. The van der Waals surface area contributed by atoms with E-state index in [0.717, 1.165) is 17.0 Å². The summed E-state index contributed by atoms with van der Waals surface area (Å²) in [5, 5.41) is 7.58. The van der Waals surface area contributed by atoms with Crippen LogP contribution in [0.1, 0.15) is 15.9 Å². The maximum Gasteiger partial charge on any atom is 0.417 e. The molecule has 1 aromatic carbocycles. The molecule has 0 aliphatic carbocycles. The third-order valence-electron chi connectivity index (χ3n) is 3.41. The van der Waals surface area contributed by atoms with Gasteiger partial charge in [0, 0.05) is 24.8 Å². The van der Waals surface area contributed by atoms with E-state index in [0.29, 0.717) is 5.82 Å². The molecule has 3 rings (SSSR count). The van der Waals surface area contributed by atoms with E-state index in [1.54, 1.807) is 17.0 Å². The van der Waals surface area contributed by atoms with E-state index in [4.69, 9.17) is 5.73 Å². The molecule has 0 spiro atoms. The van der Waals surface area contributed by atoms with Crippen LogP contribution in [-0.4, -0.2) is 21.0 Å². The van der Waals surface area contributed by atoms with Crippen molar-refractivity contribution in [1.29, 1.82) is 0 Å². The SMILES string of the molecule is Nc1ccc(N2C=CN(C(=O)c3ccccc3C(F)(F)F)C=C2)nn1. The molecule has 1 aliphatic rings. The minimum atomic E-state index is -4.61. The molecule has 0 saturated carbocycles. The lowest BCUT2D eigenvalue weighted by atomic mass is 10.1. The Hall–Kier alpha value is -3.36. The van der Waals surface area contributed by atoms with Gasteiger partial charge in [-0.05, 0) is 24.3 Å². The van der Waals surface area contributed by atoms with Gasteiger partial charge in [-0.25, -0.2) is 0 Å². The van der Waals surface area contributed by atoms with Gasteiger partial charge in [0.15, 0.2) is 5.82 Å². The van der Waals surface area contributed by atoms with Crippen LogP contribution in [0, 0.1) is 0 Å². The molecule has 25 heavy (non-hydrogen) atoms. The summed E-state index contributed by atoms with van der Waals surface area (Å²) in [6.07, 6.45) is 1.03. The van der Waals surface area contributed by atoms with Gasteiger partial charge in [-0.15, -0.1) is 10.2 Å². The Morgan fingerprint density at radius 2 is 1.64 bits per heavy atom. The molecule has 6 nitrogen and oxygen atoms in total. The number of nitrogens with zero attached hydrogens (tertiary/aromatic N) is 4. The summed E-state index contributed by atoms with van der Waals surface area (Å²) in [5.74, 6) is -0.0813. The molecule has 0 bridgehead atoms. The van der Waals surface area contributed by atoms with Gasteiger partial charge in [0.2, 0.25) is 0 Å². The monoisotopic (exact) mass is 347 g/mol. The van der Waals surface area contributed by atoms with E-state index in [-0.39, 0.29) is 5.82 Å². The lowest BCUT2D eigenvalue weighted by Crippen LogP contribution is -2.27. The number of alkyl halides is 3. The highest BCUT2D eigenvalue weighted by molar-refractivity contribution is 5.97. The first kappa shape index (κ1) is 16.5. The summed E-state index contributed by atoms with van der Waals surface area (Å²) in [5.41, 5.74) is 4.05. The fourth-order valence-electron chi connectivity index (χ4n) is 2.20. The Bertz CT molecular complexity index is 832. The molecular weight excluding hydrogens is 335 g/mol. The van der Waals surface area contributed by atoms with Gasteiger partial charge < -0.3 is 10.6 Å². The lowest BCUT2D eigenvalue weighted by Gasteiger charge is -2.23. The van der Waals surface area contributed by atoms with E-state index < -0.39 is 23.2 Å². The van der Waals surface area contributed by atoms with Crippen LogP contribution < -0.4 is 10.6 Å². The number of benzene rings is 1. The van der Waals surface area contributed by atoms with Gasteiger partial charge in [0.25, 0.3) is 5.91 Å². The number of halogens is 3. The fourth-order valence-corrected chi connectivity index (χ4v) is 2.20. The number of hydrogen-bond acceptors (Lipinski definition) is 5. The van der Waals surface area contributed by atoms with Crippen molar-refractivity contribution >= 4 is 17.5 Å². The van der Waals surface area contributed by atoms with Crippen molar-refractivity contribution < 1.29 is 18.0 Å². The standard InChI is InChI=1S/C16H12F3N5O/c17-16(18,19)12-4-2-1-3-11(12)15(25)24-9-7-23(8-10-24)14-6-5-13(20)21-22-14/h1-10H,(H2,20,21). The Labute approximate surface area is 140 Å². The zero-order valence-electron chi connectivity index (χ0n) is 12.7. The smallest absolute Gasteiger partial charge is 0.382 e. The first-order valence-corrected chi connectivity index (χ1v) is 7.09. The average molecular weight is 347 g/mol. The number of rotatable bonds is 2. The van der Waals surface area contributed by atoms with E-state index in [2.05, 4.69) is 10.2 Å². The van der Waals surface area contributed by atoms with Gasteiger partial charge in [-0.3, -0.25) is 9.69 Å². The van der Waals surface area contributed by atoms with Crippen molar-refractivity contribution in [3.8, 4) is 0 Å². The molecular formula is C16H12F3N5O. The summed E-state index contributed by atoms with van der Waals surface area (Å²) < 4.78 is 39.2. The van der Waals surface area contributed by atoms with Crippen LogP contribution >= 0.6 is 0 Å². The molecule has 2 heterocycles. The molecule has 0 radical (unpaired) electrons. The maximum absolute atomic E-state index is 13.1. The van der Waals surface area contributed by atoms with Crippen LogP contribution in [0.3, 0.4) is 0 Å². The summed E-state index contributed by atoms with van der Waals surface area (Å²) in [6.45, 7) is 0. The summed E-state index contributed by atoms with van der Waals surface area (Å²) in [4.78, 5) is 15.0. The third-order valence-corrected chi connectivity index (χ3v) is 3.41. The van der Waals surface area contributed by atoms with Crippen LogP contribution in [0.2, 0.25) is 0 Å². The van der Waals surface area contributed by atoms with Crippen molar-refractivity contribution in [2.24, 2.45) is 0 Å². The summed E-state index contributed by atoms with van der Waals surface area (Å²) >= 11 is 0. The van der Waals surface area contributed by atoms with E-state index >= 15 is 0 Å². The first-order valence-electron chi connectivity index (χ1n) is 7.09. The molecule has 0 atom stereocenters. The summed E-state index contributed by atoms with van der Waals surface area (Å²) in [6, 6.07) is 7.82. The zero-order valence-corrected chi connectivity index (χ0v) is 12.7. The van der Waals surface area contributed by atoms with E-state index in [9.17, 15) is 18.0 Å². The minimum absolute atomic E-state index is 0.259. The van der Waals surface area contributed by atoms with Gasteiger partial charge in [-0.1, -0.05) is 12.1 Å². The Morgan fingerprint density at radius 1 is 0.960 bits per heavy atom. The second-order valence-corrected chi connectivity index (χ2v) is 5.08. The molecule has 1 aliphatic heterocycles. The van der Waals surface area contributed by atoms with E-state index in [1.165, 1.54) is 36.9 Å². The van der Waals surface area contributed by atoms with Crippen molar-refractivity contribution in [2.75, 3.05) is 10.6 Å². The van der Waals surface area contributed by atoms with Gasteiger partial charge in [0.05, 0.1) is 11.1 Å². The number of carbonyl (C=O) groups is 1. The van der Waals surface area contributed by atoms with Gasteiger partial charge in [0.1, 0.15) is 5.82 Å². The largest absolute Gasteiger partial charge is 0.417 e. The highest BCUT2D eigenvalue weighted by atomic mass is 19.4. The predicted octanol–water partition coefficient (Wildman–Crippen LogP) is 2.98. The highest BCUT2D eigenvalue weighted by Crippen LogP contribution is 2.32. The average Bonchev–Trinajstić information content (AvgIpc) is 2.61. The van der Waals surface area contributed by atoms with Crippen LogP contribution in [0.25, 0.3) is 0 Å². The molecule has 0 fully saturated rings. The van der Waals surface area contributed by atoms with Crippen LogP contribution in [0.5, 0.6) is 0 Å². The van der Waals surface area contributed by atoms with Gasteiger partial charge >= 0.3 is 6.18 Å². The Kier molecular flexibility index (Phi) is 4.14. The van der Waals surface area contributed by atoms with Crippen molar-refractivity contribution in [2.45, 2.75) is 6.18 Å². The fraction of sp³-hybridized carbons (Fsp3) is 0.0625. The van der Waals surface area contributed by atoms with Gasteiger partial charge in [-0.2, -0.15) is 13.2 Å². The number of nitrogens with two attached hydrogens (primary N) is 1. The molecule has 0 unspecified atom stereocenters. The Balaban J connectivity index is 1.81. The molecule has 9 heteroatoms. The molecule has 2 N–H and O–H groups in total.